The quantitative estimate of drug-likeness (QED) is 0.294. The van der Waals surface area contributed by atoms with Crippen LogP contribution in [0.5, 0.6) is 0 Å². The number of carbonyl (C=O) groups excluding carboxylic acids is 4. The fraction of sp³-hybridized carbons (Fsp3) is 0.333. The molecule has 0 aliphatic carbocycles. The summed E-state index contributed by atoms with van der Waals surface area (Å²) in [5.74, 6) is -2.17. The van der Waals surface area contributed by atoms with Crippen molar-refractivity contribution in [2.75, 3.05) is 22.5 Å². The van der Waals surface area contributed by atoms with E-state index in [1.807, 2.05) is 80.9 Å². The zero-order chi connectivity index (χ0) is 32.9. The molecule has 1 aliphatic rings. The van der Waals surface area contributed by atoms with Crippen molar-refractivity contribution in [3.63, 3.8) is 0 Å². The van der Waals surface area contributed by atoms with E-state index in [-0.39, 0.29) is 41.8 Å². The van der Waals surface area contributed by atoms with E-state index in [9.17, 15) is 27.6 Å². The van der Waals surface area contributed by atoms with Crippen LogP contribution in [0.1, 0.15) is 67.1 Å². The number of nitrogens with one attached hydrogen (secondary N) is 4. The smallest absolute Gasteiger partial charge is 0.319 e. The first-order valence-electron chi connectivity index (χ1n) is 14.7. The molecule has 1 aliphatic heterocycles. The van der Waals surface area contributed by atoms with Gasteiger partial charge in [-0.3, -0.25) is 14.4 Å². The lowest BCUT2D eigenvalue weighted by Crippen LogP contribution is -2.53. The number of hydrogen-bond acceptors (Lipinski definition) is 6. The Balaban J connectivity index is 1.65. The molecule has 3 aromatic carbocycles. The Kier molecular flexibility index (Phi) is 9.97. The highest BCUT2D eigenvalue weighted by Gasteiger charge is 2.38. The van der Waals surface area contributed by atoms with Crippen molar-refractivity contribution in [2.45, 2.75) is 58.5 Å². The molecule has 4 rings (SSSR count). The van der Waals surface area contributed by atoms with E-state index in [1.54, 1.807) is 0 Å². The number of amides is 5. The predicted molar refractivity (Wildman–Crippen MR) is 174 cm³/mol. The van der Waals surface area contributed by atoms with Gasteiger partial charge in [0.15, 0.2) is 0 Å². The first-order chi connectivity index (χ1) is 21.2. The minimum atomic E-state index is -3.78. The van der Waals surface area contributed by atoms with E-state index in [1.165, 1.54) is 36.1 Å². The summed E-state index contributed by atoms with van der Waals surface area (Å²) in [6, 6.07) is 19.5. The van der Waals surface area contributed by atoms with E-state index in [2.05, 4.69) is 16.0 Å². The zero-order valence-corrected chi connectivity index (χ0v) is 26.8. The number of aryl methyl sites for hydroxylation is 1. The van der Waals surface area contributed by atoms with Crippen LogP contribution in [0.2, 0.25) is 0 Å². The molecule has 0 radical (unpaired) electrons. The Hall–Kier alpha value is -4.71. The average molecular weight is 634 g/mol. The van der Waals surface area contributed by atoms with Gasteiger partial charge < -0.3 is 20.9 Å². The molecule has 3 aromatic rings. The Bertz CT molecular complexity index is 1700. The summed E-state index contributed by atoms with van der Waals surface area (Å²) in [6.45, 7) is 8.65. The zero-order valence-electron chi connectivity index (χ0n) is 26.0. The third kappa shape index (κ3) is 8.69. The second-order valence-electron chi connectivity index (χ2n) is 12.1. The second-order valence-corrected chi connectivity index (χ2v) is 14.1. The van der Waals surface area contributed by atoms with Gasteiger partial charge in [-0.2, -0.15) is 0 Å². The van der Waals surface area contributed by atoms with Crippen LogP contribution in [0.3, 0.4) is 0 Å². The Morgan fingerprint density at radius 2 is 1.67 bits per heavy atom. The average Bonchev–Trinajstić information content (AvgIpc) is 3.07. The standard InChI is InChI=1S/C33H39N5O6S/c1-6-45(43,44)37-30(40)23-13-10-14-24(18-23)34-32(42)35-27-19-26(22-11-8-7-9-12-22)25-16-15-21(2)17-28(25)38(31(27)41)20-29(39)36-33(3,4)5/h7-18,26-27H,6,19-20H2,1-5H3,(H,36,39)(H,37,40)(H2,34,35,42)/t26-,27-/m1/s1. The maximum atomic E-state index is 14.2. The Labute approximate surface area is 263 Å². The maximum Gasteiger partial charge on any atom is 0.319 e. The lowest BCUT2D eigenvalue weighted by molar-refractivity contribution is -0.125. The third-order valence-corrected chi connectivity index (χ3v) is 8.48. The molecule has 4 N–H and O–H groups in total. The monoisotopic (exact) mass is 633 g/mol. The molecule has 0 aromatic heterocycles. The summed E-state index contributed by atoms with van der Waals surface area (Å²) in [4.78, 5) is 54.5. The van der Waals surface area contributed by atoms with Crippen molar-refractivity contribution in [3.05, 3.63) is 95.1 Å². The molecule has 0 saturated carbocycles. The third-order valence-electron chi connectivity index (χ3n) is 7.22. The minimum Gasteiger partial charge on any atom is -0.350 e. The van der Waals surface area contributed by atoms with Gasteiger partial charge in [-0.1, -0.05) is 48.5 Å². The van der Waals surface area contributed by atoms with E-state index in [4.69, 9.17) is 0 Å². The van der Waals surface area contributed by atoms with Crippen LogP contribution >= 0.6 is 0 Å². The molecular formula is C33H39N5O6S. The molecule has 1 heterocycles. The number of urea groups is 1. The van der Waals surface area contributed by atoms with Gasteiger partial charge >= 0.3 is 6.03 Å². The van der Waals surface area contributed by atoms with Gasteiger partial charge in [0.1, 0.15) is 12.6 Å². The highest BCUT2D eigenvalue weighted by atomic mass is 32.2. The highest BCUT2D eigenvalue weighted by Crippen LogP contribution is 2.39. The van der Waals surface area contributed by atoms with E-state index in [0.29, 0.717) is 5.69 Å². The second kappa shape index (κ2) is 13.5. The molecule has 5 amide bonds. The van der Waals surface area contributed by atoms with E-state index < -0.39 is 39.4 Å². The normalized spacial score (nSPS) is 16.6. The molecule has 2 atom stereocenters. The molecule has 0 spiro atoms. The predicted octanol–water partition coefficient (Wildman–Crippen LogP) is 4.05. The van der Waals surface area contributed by atoms with Gasteiger partial charge in [0.2, 0.25) is 21.8 Å². The highest BCUT2D eigenvalue weighted by molar-refractivity contribution is 7.90. The Morgan fingerprint density at radius 1 is 0.956 bits per heavy atom. The van der Waals surface area contributed by atoms with Crippen LogP contribution in [-0.2, 0) is 19.6 Å². The van der Waals surface area contributed by atoms with Crippen LogP contribution in [0.25, 0.3) is 0 Å². The first kappa shape index (κ1) is 33.2. The van der Waals surface area contributed by atoms with E-state index >= 15 is 0 Å². The molecule has 238 valence electrons. The first-order valence-corrected chi connectivity index (χ1v) is 16.3. The number of rotatable bonds is 8. The Morgan fingerprint density at radius 3 is 2.33 bits per heavy atom. The molecule has 11 nitrogen and oxygen atoms in total. The van der Waals surface area contributed by atoms with Crippen molar-refractivity contribution in [3.8, 4) is 0 Å². The number of fused-ring (bicyclic) bond motifs is 1. The van der Waals surface area contributed by atoms with Crippen molar-refractivity contribution in [1.82, 2.24) is 15.4 Å². The van der Waals surface area contributed by atoms with Crippen LogP contribution in [-0.4, -0.2) is 56.0 Å². The molecule has 0 unspecified atom stereocenters. The molecular weight excluding hydrogens is 594 g/mol. The van der Waals surface area contributed by atoms with Gasteiger partial charge in [-0.25, -0.2) is 17.9 Å². The molecule has 12 heteroatoms. The van der Waals surface area contributed by atoms with Gasteiger partial charge in [-0.15, -0.1) is 0 Å². The lowest BCUT2D eigenvalue weighted by Gasteiger charge is -2.28. The lowest BCUT2D eigenvalue weighted by atomic mass is 9.85. The van der Waals surface area contributed by atoms with Gasteiger partial charge in [0.05, 0.1) is 5.75 Å². The van der Waals surface area contributed by atoms with Crippen molar-refractivity contribution in [1.29, 1.82) is 0 Å². The van der Waals surface area contributed by atoms with Crippen molar-refractivity contribution < 1.29 is 27.6 Å². The SMILES string of the molecule is CCS(=O)(=O)NC(=O)c1cccc(NC(=O)N[C@@H]2C[C@H](c3ccccc3)c3ccc(C)cc3N(CC(=O)NC(C)(C)C)C2=O)c1. The number of hydrogen-bond donors (Lipinski definition) is 4. The molecule has 45 heavy (non-hydrogen) atoms. The summed E-state index contributed by atoms with van der Waals surface area (Å²) < 4.78 is 25.7. The summed E-state index contributed by atoms with van der Waals surface area (Å²) in [5.41, 5.74) is 3.05. The largest absolute Gasteiger partial charge is 0.350 e. The number of anilines is 2. The molecule has 0 fully saturated rings. The minimum absolute atomic E-state index is 0.0290. The number of benzene rings is 3. The van der Waals surface area contributed by atoms with Crippen LogP contribution in [0, 0.1) is 6.92 Å². The number of nitrogens with zero attached hydrogens (tertiary/aromatic N) is 1. The summed E-state index contributed by atoms with van der Waals surface area (Å²) >= 11 is 0. The van der Waals surface area contributed by atoms with Crippen LogP contribution in [0.15, 0.2) is 72.8 Å². The van der Waals surface area contributed by atoms with Gasteiger partial charge in [0, 0.05) is 28.4 Å². The number of carbonyl (C=O) groups is 4. The van der Waals surface area contributed by atoms with Crippen LogP contribution in [0.4, 0.5) is 16.2 Å². The molecule has 0 saturated heterocycles. The summed E-state index contributed by atoms with van der Waals surface area (Å²) in [7, 11) is -3.78. The fourth-order valence-corrected chi connectivity index (χ4v) is 5.72. The number of sulfonamides is 1. The molecule has 0 bridgehead atoms. The van der Waals surface area contributed by atoms with Gasteiger partial charge in [0.25, 0.3) is 5.91 Å². The van der Waals surface area contributed by atoms with Crippen molar-refractivity contribution in [2.24, 2.45) is 0 Å². The van der Waals surface area contributed by atoms with Gasteiger partial charge in [-0.05, 0) is 82.0 Å². The maximum absolute atomic E-state index is 14.2. The van der Waals surface area contributed by atoms with Crippen molar-refractivity contribution >= 4 is 45.2 Å². The topological polar surface area (TPSA) is 154 Å². The van der Waals surface area contributed by atoms with Crippen LogP contribution < -0.4 is 25.6 Å². The fourth-order valence-electron chi connectivity index (χ4n) is 5.17. The summed E-state index contributed by atoms with van der Waals surface area (Å²) in [5, 5.41) is 8.34. The van der Waals surface area contributed by atoms with E-state index in [0.717, 1.165) is 16.7 Å². The summed E-state index contributed by atoms with van der Waals surface area (Å²) in [6.07, 6.45) is 0.223.